The molecule has 0 saturated heterocycles. The summed E-state index contributed by atoms with van der Waals surface area (Å²) in [5.74, 6) is 0.647. The van der Waals surface area contributed by atoms with Crippen LogP contribution in [0.25, 0.3) is 0 Å². The van der Waals surface area contributed by atoms with Crippen LogP contribution in [0.5, 0.6) is 0 Å². The van der Waals surface area contributed by atoms with Crippen LogP contribution in [0.15, 0.2) is 24.3 Å². The monoisotopic (exact) mass is 337 g/mol. The van der Waals surface area contributed by atoms with E-state index in [2.05, 4.69) is 10.6 Å². The summed E-state index contributed by atoms with van der Waals surface area (Å²) < 4.78 is 0. The molecule has 2 atom stereocenters. The molecule has 1 rings (SSSR count). The van der Waals surface area contributed by atoms with E-state index in [1.165, 1.54) is 0 Å². The van der Waals surface area contributed by atoms with Crippen molar-refractivity contribution in [2.75, 3.05) is 25.1 Å². The third-order valence-electron chi connectivity index (χ3n) is 3.54. The van der Waals surface area contributed by atoms with Crippen LogP contribution >= 0.6 is 11.8 Å². The first kappa shape index (κ1) is 19.5. The number of thioether (sulfide) groups is 1. The van der Waals surface area contributed by atoms with Gasteiger partial charge in [-0.1, -0.05) is 24.6 Å². The van der Waals surface area contributed by atoms with Gasteiger partial charge in [0.1, 0.15) is 6.04 Å². The van der Waals surface area contributed by atoms with Gasteiger partial charge in [-0.2, -0.15) is 11.8 Å². The van der Waals surface area contributed by atoms with Crippen LogP contribution in [-0.4, -0.2) is 43.0 Å². The summed E-state index contributed by atoms with van der Waals surface area (Å²) in [5, 5.41) is 5.71. The Morgan fingerprint density at radius 1 is 1.35 bits per heavy atom. The molecule has 128 valence electrons. The molecule has 0 aliphatic carbocycles. The van der Waals surface area contributed by atoms with Crippen molar-refractivity contribution in [3.05, 3.63) is 35.4 Å². The standard InChI is InChI=1S/C17H27N3O2S/c1-12-5-4-6-14(9-12)16(21)20-15(7-8-23-3)17(22)19-11-13(2)10-18/h4-6,9,13,15H,7-8,10-11,18H2,1-3H3,(H,19,22)(H,20,21). The van der Waals surface area contributed by atoms with Gasteiger partial charge in [-0.25, -0.2) is 0 Å². The summed E-state index contributed by atoms with van der Waals surface area (Å²) in [7, 11) is 0. The zero-order valence-corrected chi connectivity index (χ0v) is 14.9. The molecule has 0 spiro atoms. The maximum atomic E-state index is 12.4. The zero-order valence-electron chi connectivity index (χ0n) is 14.1. The van der Waals surface area contributed by atoms with Gasteiger partial charge >= 0.3 is 0 Å². The van der Waals surface area contributed by atoms with Gasteiger partial charge in [0.2, 0.25) is 5.91 Å². The zero-order chi connectivity index (χ0) is 17.2. The van der Waals surface area contributed by atoms with Crippen LogP contribution in [0.2, 0.25) is 0 Å². The van der Waals surface area contributed by atoms with E-state index in [1.807, 2.05) is 38.3 Å². The molecule has 0 aliphatic rings. The normalized spacial score (nSPS) is 13.2. The molecule has 1 aromatic rings. The van der Waals surface area contributed by atoms with Crippen LogP contribution in [0.4, 0.5) is 0 Å². The Hall–Kier alpha value is -1.53. The molecule has 1 aromatic carbocycles. The van der Waals surface area contributed by atoms with Gasteiger partial charge in [-0.3, -0.25) is 9.59 Å². The van der Waals surface area contributed by atoms with Gasteiger partial charge in [-0.15, -0.1) is 0 Å². The predicted molar refractivity (Wildman–Crippen MR) is 96.7 cm³/mol. The minimum atomic E-state index is -0.527. The average Bonchev–Trinajstić information content (AvgIpc) is 2.55. The average molecular weight is 337 g/mol. The van der Waals surface area contributed by atoms with Gasteiger partial charge in [0.15, 0.2) is 0 Å². The van der Waals surface area contributed by atoms with Crippen molar-refractivity contribution in [3.63, 3.8) is 0 Å². The number of carbonyl (C=O) groups is 2. The molecule has 4 N–H and O–H groups in total. The summed E-state index contributed by atoms with van der Waals surface area (Å²) in [6, 6.07) is 6.81. The van der Waals surface area contributed by atoms with Crippen LogP contribution in [0.3, 0.4) is 0 Å². The Bertz CT molecular complexity index is 522. The van der Waals surface area contributed by atoms with E-state index < -0.39 is 6.04 Å². The molecule has 2 unspecified atom stereocenters. The fourth-order valence-electron chi connectivity index (χ4n) is 2.01. The molecule has 23 heavy (non-hydrogen) atoms. The maximum Gasteiger partial charge on any atom is 0.251 e. The second-order valence-corrected chi connectivity index (χ2v) is 6.75. The first-order valence-electron chi connectivity index (χ1n) is 7.82. The van der Waals surface area contributed by atoms with Crippen LogP contribution in [-0.2, 0) is 4.79 Å². The van der Waals surface area contributed by atoms with Gasteiger partial charge in [0.25, 0.3) is 5.91 Å². The van der Waals surface area contributed by atoms with Crippen molar-refractivity contribution in [1.82, 2.24) is 10.6 Å². The van der Waals surface area contributed by atoms with E-state index in [0.29, 0.717) is 25.1 Å². The van der Waals surface area contributed by atoms with Crippen LogP contribution < -0.4 is 16.4 Å². The molecule has 0 bridgehead atoms. The predicted octanol–water partition coefficient (Wildman–Crippen LogP) is 1.56. The first-order chi connectivity index (χ1) is 11.0. The molecular weight excluding hydrogens is 310 g/mol. The summed E-state index contributed by atoms with van der Waals surface area (Å²) in [6.07, 6.45) is 2.58. The summed E-state index contributed by atoms with van der Waals surface area (Å²) in [4.78, 5) is 24.7. The van der Waals surface area contributed by atoms with Gasteiger partial charge < -0.3 is 16.4 Å². The maximum absolute atomic E-state index is 12.4. The molecule has 0 aromatic heterocycles. The van der Waals surface area contributed by atoms with Crippen molar-refractivity contribution in [3.8, 4) is 0 Å². The van der Waals surface area contributed by atoms with Gasteiger partial charge in [0.05, 0.1) is 0 Å². The Kier molecular flexibility index (Phi) is 8.73. The molecule has 0 heterocycles. The SMILES string of the molecule is CSCCC(NC(=O)c1cccc(C)c1)C(=O)NCC(C)CN. The third-order valence-corrected chi connectivity index (χ3v) is 4.18. The van der Waals surface area contributed by atoms with E-state index in [1.54, 1.807) is 17.8 Å². The minimum Gasteiger partial charge on any atom is -0.354 e. The molecule has 0 fully saturated rings. The Morgan fingerprint density at radius 3 is 2.70 bits per heavy atom. The summed E-state index contributed by atoms with van der Waals surface area (Å²) >= 11 is 1.65. The lowest BCUT2D eigenvalue weighted by molar-refractivity contribution is -0.123. The number of nitrogens with two attached hydrogens (primary N) is 1. The van der Waals surface area contributed by atoms with Crippen molar-refractivity contribution < 1.29 is 9.59 Å². The lowest BCUT2D eigenvalue weighted by Gasteiger charge is -2.19. The van der Waals surface area contributed by atoms with Gasteiger partial charge in [0, 0.05) is 12.1 Å². The smallest absolute Gasteiger partial charge is 0.251 e. The first-order valence-corrected chi connectivity index (χ1v) is 9.21. The van der Waals surface area contributed by atoms with Crippen molar-refractivity contribution in [1.29, 1.82) is 0 Å². The number of benzene rings is 1. The fraction of sp³-hybridized carbons (Fsp3) is 0.529. The van der Waals surface area contributed by atoms with Crippen molar-refractivity contribution in [2.24, 2.45) is 11.7 Å². The van der Waals surface area contributed by atoms with Crippen LogP contribution in [0.1, 0.15) is 29.3 Å². The highest BCUT2D eigenvalue weighted by Gasteiger charge is 2.21. The van der Waals surface area contributed by atoms with Gasteiger partial charge in [-0.05, 0) is 49.9 Å². The summed E-state index contributed by atoms with van der Waals surface area (Å²) in [6.45, 7) is 4.95. The molecule has 2 amide bonds. The lowest BCUT2D eigenvalue weighted by atomic mass is 10.1. The number of nitrogens with one attached hydrogen (secondary N) is 2. The largest absolute Gasteiger partial charge is 0.354 e. The van der Waals surface area contributed by atoms with Crippen molar-refractivity contribution >= 4 is 23.6 Å². The molecular formula is C17H27N3O2S. The van der Waals surface area contributed by atoms with E-state index >= 15 is 0 Å². The number of hydrogen-bond donors (Lipinski definition) is 3. The van der Waals surface area contributed by atoms with E-state index in [4.69, 9.17) is 5.73 Å². The lowest BCUT2D eigenvalue weighted by Crippen LogP contribution is -2.48. The highest BCUT2D eigenvalue weighted by Crippen LogP contribution is 2.07. The number of aryl methyl sites for hydroxylation is 1. The van der Waals surface area contributed by atoms with Crippen LogP contribution in [0, 0.1) is 12.8 Å². The molecule has 0 radical (unpaired) electrons. The topological polar surface area (TPSA) is 84.2 Å². The Balaban J connectivity index is 2.69. The Morgan fingerprint density at radius 2 is 2.09 bits per heavy atom. The highest BCUT2D eigenvalue weighted by atomic mass is 32.2. The third kappa shape index (κ3) is 7.05. The number of rotatable bonds is 9. The minimum absolute atomic E-state index is 0.152. The molecule has 6 heteroatoms. The molecule has 0 saturated carbocycles. The molecule has 5 nitrogen and oxygen atoms in total. The fourth-order valence-corrected chi connectivity index (χ4v) is 2.49. The second-order valence-electron chi connectivity index (χ2n) is 5.76. The van der Waals surface area contributed by atoms with E-state index in [9.17, 15) is 9.59 Å². The Labute approximate surface area is 142 Å². The van der Waals surface area contributed by atoms with Crippen molar-refractivity contribution in [2.45, 2.75) is 26.3 Å². The summed E-state index contributed by atoms with van der Waals surface area (Å²) in [5.41, 5.74) is 7.15. The van der Waals surface area contributed by atoms with E-state index in [0.717, 1.165) is 11.3 Å². The molecule has 0 aliphatic heterocycles. The van der Waals surface area contributed by atoms with E-state index in [-0.39, 0.29) is 17.7 Å². The second kappa shape index (κ2) is 10.3. The number of amides is 2. The highest BCUT2D eigenvalue weighted by molar-refractivity contribution is 7.98. The number of carbonyl (C=O) groups excluding carboxylic acids is 2. The number of hydrogen-bond acceptors (Lipinski definition) is 4. The quantitative estimate of drug-likeness (QED) is 0.638.